The molecule has 20 heavy (non-hydrogen) atoms. The SMILES string of the molecule is O=C(NCC1CCCC1)C(=O)N1CCC(C(=O)O)CC1. The highest BCUT2D eigenvalue weighted by Gasteiger charge is 2.30. The first-order valence-corrected chi connectivity index (χ1v) is 7.38. The van der Waals surface area contributed by atoms with E-state index in [1.165, 1.54) is 17.7 Å². The normalized spacial score (nSPS) is 20.9. The molecule has 0 unspecified atom stereocenters. The van der Waals surface area contributed by atoms with Gasteiger partial charge in [0.15, 0.2) is 0 Å². The highest BCUT2D eigenvalue weighted by molar-refractivity contribution is 6.35. The third-order valence-electron chi connectivity index (χ3n) is 4.35. The minimum Gasteiger partial charge on any atom is -0.481 e. The fraction of sp³-hybridized carbons (Fsp3) is 0.786. The number of aliphatic carboxylic acids is 1. The van der Waals surface area contributed by atoms with Crippen LogP contribution in [0.3, 0.4) is 0 Å². The molecule has 0 spiro atoms. The van der Waals surface area contributed by atoms with Gasteiger partial charge in [0.05, 0.1) is 5.92 Å². The maximum atomic E-state index is 11.9. The van der Waals surface area contributed by atoms with Gasteiger partial charge in [0.25, 0.3) is 0 Å². The zero-order chi connectivity index (χ0) is 14.5. The molecule has 6 nitrogen and oxygen atoms in total. The summed E-state index contributed by atoms with van der Waals surface area (Å²) in [7, 11) is 0. The Balaban J connectivity index is 1.73. The van der Waals surface area contributed by atoms with Gasteiger partial charge in [0.1, 0.15) is 0 Å². The van der Waals surface area contributed by atoms with Gasteiger partial charge in [-0.05, 0) is 31.6 Å². The molecule has 0 aromatic heterocycles. The van der Waals surface area contributed by atoms with Crippen LogP contribution in [0.5, 0.6) is 0 Å². The van der Waals surface area contributed by atoms with Crippen molar-refractivity contribution in [2.45, 2.75) is 38.5 Å². The molecule has 0 aromatic rings. The molecule has 0 radical (unpaired) electrons. The first-order chi connectivity index (χ1) is 9.58. The number of carboxylic acids is 1. The lowest BCUT2D eigenvalue weighted by atomic mass is 9.97. The maximum Gasteiger partial charge on any atom is 0.311 e. The van der Waals surface area contributed by atoms with Crippen molar-refractivity contribution in [1.82, 2.24) is 10.2 Å². The van der Waals surface area contributed by atoms with Crippen LogP contribution in [-0.4, -0.2) is 47.4 Å². The lowest BCUT2D eigenvalue weighted by molar-refractivity contribution is -0.149. The number of carboxylic acid groups (broad SMARTS) is 1. The van der Waals surface area contributed by atoms with Crippen LogP contribution in [0.4, 0.5) is 0 Å². The van der Waals surface area contributed by atoms with Crippen LogP contribution in [-0.2, 0) is 14.4 Å². The Labute approximate surface area is 118 Å². The summed E-state index contributed by atoms with van der Waals surface area (Å²) in [4.78, 5) is 36.0. The fourth-order valence-electron chi connectivity index (χ4n) is 3.00. The molecular weight excluding hydrogens is 260 g/mol. The minimum atomic E-state index is -0.817. The first-order valence-electron chi connectivity index (χ1n) is 7.38. The zero-order valence-electron chi connectivity index (χ0n) is 11.6. The number of nitrogens with one attached hydrogen (secondary N) is 1. The van der Waals surface area contributed by atoms with Crippen molar-refractivity contribution in [2.24, 2.45) is 11.8 Å². The van der Waals surface area contributed by atoms with Crippen LogP contribution >= 0.6 is 0 Å². The molecule has 0 atom stereocenters. The van der Waals surface area contributed by atoms with Gasteiger partial charge in [-0.3, -0.25) is 14.4 Å². The topological polar surface area (TPSA) is 86.7 Å². The van der Waals surface area contributed by atoms with Crippen molar-refractivity contribution >= 4 is 17.8 Å². The zero-order valence-corrected chi connectivity index (χ0v) is 11.6. The average Bonchev–Trinajstić information content (AvgIpc) is 2.97. The molecule has 2 N–H and O–H groups in total. The van der Waals surface area contributed by atoms with E-state index in [0.717, 1.165) is 12.8 Å². The molecule has 2 amide bonds. The second-order valence-electron chi connectivity index (χ2n) is 5.77. The number of amides is 2. The molecular formula is C14H22N2O4. The summed E-state index contributed by atoms with van der Waals surface area (Å²) >= 11 is 0. The number of hydrogen-bond donors (Lipinski definition) is 2. The van der Waals surface area contributed by atoms with Crippen molar-refractivity contribution in [3.8, 4) is 0 Å². The van der Waals surface area contributed by atoms with Crippen LogP contribution in [0.1, 0.15) is 38.5 Å². The van der Waals surface area contributed by atoms with E-state index in [2.05, 4.69) is 5.32 Å². The van der Waals surface area contributed by atoms with E-state index in [0.29, 0.717) is 38.4 Å². The van der Waals surface area contributed by atoms with Crippen molar-refractivity contribution < 1.29 is 19.5 Å². The van der Waals surface area contributed by atoms with Gasteiger partial charge in [-0.2, -0.15) is 0 Å². The van der Waals surface area contributed by atoms with Gasteiger partial charge in [-0.25, -0.2) is 0 Å². The van der Waals surface area contributed by atoms with Crippen LogP contribution in [0.15, 0.2) is 0 Å². The van der Waals surface area contributed by atoms with E-state index >= 15 is 0 Å². The lowest BCUT2D eigenvalue weighted by Crippen LogP contribution is -2.47. The third-order valence-corrected chi connectivity index (χ3v) is 4.35. The van der Waals surface area contributed by atoms with Crippen LogP contribution in [0.25, 0.3) is 0 Å². The smallest absolute Gasteiger partial charge is 0.311 e. The lowest BCUT2D eigenvalue weighted by Gasteiger charge is -2.29. The predicted octanol–water partition coefficient (Wildman–Crippen LogP) is 0.616. The summed E-state index contributed by atoms with van der Waals surface area (Å²) in [6, 6.07) is 0. The molecule has 1 saturated carbocycles. The summed E-state index contributed by atoms with van der Waals surface area (Å²) in [6.07, 6.45) is 5.51. The van der Waals surface area contributed by atoms with Crippen molar-refractivity contribution in [3.05, 3.63) is 0 Å². The van der Waals surface area contributed by atoms with Gasteiger partial charge in [-0.15, -0.1) is 0 Å². The van der Waals surface area contributed by atoms with Crippen LogP contribution in [0.2, 0.25) is 0 Å². The van der Waals surface area contributed by atoms with E-state index in [1.807, 2.05) is 0 Å². The van der Waals surface area contributed by atoms with Crippen molar-refractivity contribution in [2.75, 3.05) is 19.6 Å². The van der Waals surface area contributed by atoms with E-state index in [4.69, 9.17) is 5.11 Å². The van der Waals surface area contributed by atoms with Gasteiger partial charge >= 0.3 is 17.8 Å². The van der Waals surface area contributed by atoms with Crippen molar-refractivity contribution in [1.29, 1.82) is 0 Å². The number of hydrogen-bond acceptors (Lipinski definition) is 3. The van der Waals surface area contributed by atoms with E-state index < -0.39 is 17.8 Å². The highest BCUT2D eigenvalue weighted by atomic mass is 16.4. The molecule has 6 heteroatoms. The second kappa shape index (κ2) is 6.72. The number of rotatable bonds is 3. The Morgan fingerprint density at radius 2 is 1.65 bits per heavy atom. The Bertz CT molecular complexity index is 383. The summed E-state index contributed by atoms with van der Waals surface area (Å²) in [5.74, 6) is -1.77. The summed E-state index contributed by atoms with van der Waals surface area (Å²) in [5, 5.41) is 11.6. The number of piperidine rings is 1. The third kappa shape index (κ3) is 3.71. The number of likely N-dealkylation sites (tertiary alicyclic amines) is 1. The summed E-state index contributed by atoms with van der Waals surface area (Å²) in [6.45, 7) is 1.29. The van der Waals surface area contributed by atoms with Gasteiger partial charge in [0, 0.05) is 19.6 Å². The number of carbonyl (C=O) groups is 3. The molecule has 1 saturated heterocycles. The molecule has 1 aliphatic heterocycles. The van der Waals surface area contributed by atoms with Crippen LogP contribution < -0.4 is 5.32 Å². The Morgan fingerprint density at radius 1 is 1.05 bits per heavy atom. The van der Waals surface area contributed by atoms with E-state index in [9.17, 15) is 14.4 Å². The van der Waals surface area contributed by atoms with Crippen molar-refractivity contribution in [3.63, 3.8) is 0 Å². The molecule has 0 bridgehead atoms. The fourth-order valence-corrected chi connectivity index (χ4v) is 3.00. The Morgan fingerprint density at radius 3 is 2.20 bits per heavy atom. The molecule has 1 heterocycles. The average molecular weight is 282 g/mol. The number of nitrogens with zero attached hydrogens (tertiary/aromatic N) is 1. The van der Waals surface area contributed by atoms with Gasteiger partial charge < -0.3 is 15.3 Å². The monoisotopic (exact) mass is 282 g/mol. The first kappa shape index (κ1) is 14.8. The molecule has 1 aliphatic carbocycles. The predicted molar refractivity (Wildman–Crippen MR) is 71.9 cm³/mol. The molecule has 2 fully saturated rings. The standard InChI is InChI=1S/C14H22N2O4/c17-12(15-9-10-3-1-2-4-10)13(18)16-7-5-11(6-8-16)14(19)20/h10-11H,1-9H2,(H,15,17)(H,19,20). The molecule has 0 aromatic carbocycles. The Hall–Kier alpha value is -1.59. The Kier molecular flexibility index (Phi) is 4.98. The largest absolute Gasteiger partial charge is 0.481 e. The quantitative estimate of drug-likeness (QED) is 0.743. The van der Waals surface area contributed by atoms with Crippen LogP contribution in [0, 0.1) is 11.8 Å². The molecule has 112 valence electrons. The summed E-state index contributed by atoms with van der Waals surface area (Å²) in [5.41, 5.74) is 0. The molecule has 2 aliphatic rings. The van der Waals surface area contributed by atoms with E-state index in [-0.39, 0.29) is 5.92 Å². The maximum absolute atomic E-state index is 11.9. The van der Waals surface area contributed by atoms with Gasteiger partial charge in [0.2, 0.25) is 0 Å². The molecule has 2 rings (SSSR count). The summed E-state index contributed by atoms with van der Waals surface area (Å²) < 4.78 is 0. The second-order valence-corrected chi connectivity index (χ2v) is 5.77. The highest BCUT2D eigenvalue weighted by Crippen LogP contribution is 2.23. The van der Waals surface area contributed by atoms with E-state index in [1.54, 1.807) is 0 Å². The number of carbonyl (C=O) groups excluding carboxylic acids is 2. The van der Waals surface area contributed by atoms with Gasteiger partial charge in [-0.1, -0.05) is 12.8 Å². The minimum absolute atomic E-state index is 0.354.